The van der Waals surface area contributed by atoms with Crippen LogP contribution in [0.25, 0.3) is 0 Å². The van der Waals surface area contributed by atoms with Gasteiger partial charge in [0.15, 0.2) is 0 Å². The van der Waals surface area contributed by atoms with Crippen molar-refractivity contribution in [3.63, 3.8) is 0 Å². The molecule has 0 aromatic carbocycles. The maximum absolute atomic E-state index is 14.0. The SMILES string of the molecule is CCCCCCN(CCCCCC)C(=O)CN(CC(=O)N(CCCCCC)CCCCCC)CC(=O)N(CCCCCC)CCCCCC. The van der Waals surface area contributed by atoms with E-state index < -0.39 is 0 Å². The van der Waals surface area contributed by atoms with Crippen molar-refractivity contribution >= 4 is 17.7 Å². The predicted octanol–water partition coefficient (Wildman–Crippen LogP) is 10.3. The number of nitrogens with zero attached hydrogens (tertiary/aromatic N) is 4. The van der Waals surface area contributed by atoms with E-state index in [9.17, 15) is 14.4 Å². The van der Waals surface area contributed by atoms with E-state index in [1.165, 1.54) is 77.0 Å². The Hall–Kier alpha value is -1.63. The predicted molar refractivity (Wildman–Crippen MR) is 211 cm³/mol. The molecule has 0 aromatic heterocycles. The van der Waals surface area contributed by atoms with Crippen LogP contribution in [0.5, 0.6) is 0 Å². The third-order valence-corrected chi connectivity index (χ3v) is 9.82. The van der Waals surface area contributed by atoms with Crippen molar-refractivity contribution in [3.05, 3.63) is 0 Å². The van der Waals surface area contributed by atoms with E-state index in [0.29, 0.717) is 0 Å². The van der Waals surface area contributed by atoms with Gasteiger partial charge in [-0.05, 0) is 38.5 Å². The summed E-state index contributed by atoms with van der Waals surface area (Å²) in [5.74, 6) is 0.218. The van der Waals surface area contributed by atoms with Crippen LogP contribution in [-0.2, 0) is 14.4 Å². The monoisotopic (exact) mass is 693 g/mol. The van der Waals surface area contributed by atoms with Gasteiger partial charge in [0.05, 0.1) is 19.6 Å². The van der Waals surface area contributed by atoms with Crippen molar-refractivity contribution in [2.75, 3.05) is 58.9 Å². The maximum Gasteiger partial charge on any atom is 0.236 e. The second-order valence-corrected chi connectivity index (χ2v) is 14.7. The Bertz CT molecular complexity index is 641. The van der Waals surface area contributed by atoms with Crippen LogP contribution in [0.15, 0.2) is 0 Å². The summed E-state index contributed by atoms with van der Waals surface area (Å²) >= 11 is 0. The zero-order valence-corrected chi connectivity index (χ0v) is 33.8. The lowest BCUT2D eigenvalue weighted by atomic mass is 10.1. The van der Waals surface area contributed by atoms with Gasteiger partial charge in [-0.2, -0.15) is 0 Å². The molecule has 0 saturated carbocycles. The van der Waals surface area contributed by atoms with Gasteiger partial charge in [0.2, 0.25) is 17.7 Å². The van der Waals surface area contributed by atoms with E-state index in [-0.39, 0.29) is 37.4 Å². The van der Waals surface area contributed by atoms with Crippen molar-refractivity contribution in [2.24, 2.45) is 0 Å². The van der Waals surface area contributed by atoms with E-state index in [1.54, 1.807) is 0 Å². The third-order valence-electron chi connectivity index (χ3n) is 9.82. The largest absolute Gasteiger partial charge is 0.342 e. The van der Waals surface area contributed by atoms with Gasteiger partial charge in [-0.3, -0.25) is 19.3 Å². The maximum atomic E-state index is 14.0. The fraction of sp³-hybridized carbons (Fsp3) is 0.929. The van der Waals surface area contributed by atoms with Crippen molar-refractivity contribution in [2.45, 2.75) is 196 Å². The van der Waals surface area contributed by atoms with E-state index in [4.69, 9.17) is 0 Å². The number of hydrogen-bond donors (Lipinski definition) is 0. The number of amides is 3. The fourth-order valence-electron chi connectivity index (χ4n) is 6.50. The quantitative estimate of drug-likeness (QED) is 0.0613. The van der Waals surface area contributed by atoms with E-state index >= 15 is 0 Å². The van der Waals surface area contributed by atoms with E-state index in [2.05, 4.69) is 41.5 Å². The van der Waals surface area contributed by atoms with Crippen molar-refractivity contribution in [3.8, 4) is 0 Å². The number of unbranched alkanes of at least 4 members (excludes halogenated alkanes) is 18. The van der Waals surface area contributed by atoms with Crippen LogP contribution in [0.1, 0.15) is 196 Å². The summed E-state index contributed by atoms with van der Waals surface area (Å²) in [6.07, 6.45) is 27.0. The zero-order valence-electron chi connectivity index (χ0n) is 33.8. The van der Waals surface area contributed by atoms with Gasteiger partial charge in [0, 0.05) is 39.3 Å². The van der Waals surface area contributed by atoms with Gasteiger partial charge in [0.1, 0.15) is 0 Å². The highest BCUT2D eigenvalue weighted by atomic mass is 16.2. The van der Waals surface area contributed by atoms with Crippen molar-refractivity contribution in [1.29, 1.82) is 0 Å². The Morgan fingerprint density at radius 2 is 0.469 bits per heavy atom. The van der Waals surface area contributed by atoms with E-state index in [1.807, 2.05) is 19.6 Å². The Kier molecular flexibility index (Phi) is 33.6. The van der Waals surface area contributed by atoms with Gasteiger partial charge in [-0.25, -0.2) is 0 Å². The molecule has 7 heteroatoms. The van der Waals surface area contributed by atoms with Crippen LogP contribution in [0.4, 0.5) is 0 Å². The minimum absolute atomic E-state index is 0.0727. The first kappa shape index (κ1) is 47.4. The number of hydrogen-bond acceptors (Lipinski definition) is 4. The summed E-state index contributed by atoms with van der Waals surface area (Å²) in [7, 11) is 0. The molecule has 0 aromatic rings. The molecule has 49 heavy (non-hydrogen) atoms. The average Bonchev–Trinajstić information content (AvgIpc) is 3.09. The molecule has 0 aliphatic rings. The summed E-state index contributed by atoms with van der Waals surface area (Å²) in [5.41, 5.74) is 0. The highest BCUT2D eigenvalue weighted by Crippen LogP contribution is 2.11. The van der Waals surface area contributed by atoms with Crippen LogP contribution in [0.3, 0.4) is 0 Å². The highest BCUT2D eigenvalue weighted by molar-refractivity contribution is 5.84. The second-order valence-electron chi connectivity index (χ2n) is 14.7. The van der Waals surface area contributed by atoms with Gasteiger partial charge in [-0.15, -0.1) is 0 Å². The molecule has 0 rings (SSSR count). The van der Waals surface area contributed by atoms with Crippen molar-refractivity contribution < 1.29 is 14.4 Å². The molecule has 0 atom stereocenters. The third kappa shape index (κ3) is 26.8. The van der Waals surface area contributed by atoms with Gasteiger partial charge in [-0.1, -0.05) is 157 Å². The van der Waals surface area contributed by atoms with Crippen LogP contribution in [0.2, 0.25) is 0 Å². The molecule has 0 radical (unpaired) electrons. The number of rotatable bonds is 36. The lowest BCUT2D eigenvalue weighted by Gasteiger charge is -2.31. The summed E-state index contributed by atoms with van der Waals surface area (Å²) in [4.78, 5) is 50.0. The van der Waals surface area contributed by atoms with Gasteiger partial charge < -0.3 is 14.7 Å². The fourth-order valence-corrected chi connectivity index (χ4v) is 6.50. The molecule has 0 unspecified atom stereocenters. The molecule has 0 N–H and O–H groups in total. The van der Waals surface area contributed by atoms with Crippen molar-refractivity contribution in [1.82, 2.24) is 19.6 Å². The molecular formula is C42H84N4O3. The lowest BCUT2D eigenvalue weighted by Crippen LogP contribution is -2.50. The lowest BCUT2D eigenvalue weighted by molar-refractivity contribution is -0.139. The standard InChI is InChI=1S/C42H84N4O3/c1-7-13-19-25-31-44(32-26-20-14-8-2)40(47)37-43(38-41(48)45(33-27-21-15-9-3)34-28-22-16-10-4)39-42(49)46(35-29-23-17-11-5)36-30-24-18-12-6/h7-39H2,1-6H3. The first-order chi connectivity index (χ1) is 23.9. The molecule has 3 amide bonds. The molecule has 290 valence electrons. The summed E-state index contributed by atoms with van der Waals surface area (Å²) < 4.78 is 0. The molecule has 0 aliphatic carbocycles. The number of carbonyl (C=O) groups is 3. The Morgan fingerprint density at radius 1 is 0.286 bits per heavy atom. The molecule has 0 saturated heterocycles. The molecule has 0 heterocycles. The normalized spacial score (nSPS) is 11.3. The van der Waals surface area contributed by atoms with Crippen LogP contribution < -0.4 is 0 Å². The second kappa shape index (κ2) is 34.8. The highest BCUT2D eigenvalue weighted by Gasteiger charge is 2.25. The molecule has 0 aliphatic heterocycles. The molecule has 7 nitrogen and oxygen atoms in total. The smallest absolute Gasteiger partial charge is 0.236 e. The first-order valence-corrected chi connectivity index (χ1v) is 21.4. The van der Waals surface area contributed by atoms with Crippen LogP contribution >= 0.6 is 0 Å². The topological polar surface area (TPSA) is 64.2 Å². The summed E-state index contributed by atoms with van der Waals surface area (Å²) in [5, 5.41) is 0. The number of carbonyl (C=O) groups excluding carboxylic acids is 3. The van der Waals surface area contributed by atoms with Gasteiger partial charge >= 0.3 is 0 Å². The summed E-state index contributed by atoms with van der Waals surface area (Å²) in [6.45, 7) is 18.3. The molecule has 0 fully saturated rings. The first-order valence-electron chi connectivity index (χ1n) is 21.4. The van der Waals surface area contributed by atoms with Crippen LogP contribution in [0, 0.1) is 0 Å². The Labute approximate surface area is 305 Å². The minimum atomic E-state index is 0.0727. The Balaban J connectivity index is 6.03. The minimum Gasteiger partial charge on any atom is -0.342 e. The molecular weight excluding hydrogens is 608 g/mol. The van der Waals surface area contributed by atoms with Crippen LogP contribution in [-0.4, -0.2) is 96.2 Å². The summed E-state index contributed by atoms with van der Waals surface area (Å²) in [6, 6.07) is 0. The van der Waals surface area contributed by atoms with E-state index in [0.717, 1.165) is 116 Å². The molecule has 0 spiro atoms. The Morgan fingerprint density at radius 3 is 0.633 bits per heavy atom. The average molecular weight is 693 g/mol. The molecule has 0 bridgehead atoms. The zero-order chi connectivity index (χ0) is 36.4. The van der Waals surface area contributed by atoms with Gasteiger partial charge in [0.25, 0.3) is 0 Å².